The molecule has 3 rings (SSSR count). The molecular formula is C17H17FN4O3. The standard InChI is InChI=1S/C17H17FN4O3/c1-17(24,15-7-4-8-25-15)11-19-16(23)21-12-9-20-22(10-12)14-6-3-2-5-13(14)18/h2-10,24H,11H2,1H3,(H2,19,21,23). The second kappa shape index (κ2) is 6.78. The lowest BCUT2D eigenvalue weighted by molar-refractivity contribution is 0.0372. The van der Waals surface area contributed by atoms with Crippen LogP contribution in [0.3, 0.4) is 0 Å². The number of hydrogen-bond acceptors (Lipinski definition) is 4. The van der Waals surface area contributed by atoms with Crippen molar-refractivity contribution in [2.45, 2.75) is 12.5 Å². The van der Waals surface area contributed by atoms with Gasteiger partial charge in [-0.05, 0) is 31.2 Å². The van der Waals surface area contributed by atoms with Crippen LogP contribution in [0.5, 0.6) is 0 Å². The molecule has 3 aromatic rings. The van der Waals surface area contributed by atoms with E-state index in [1.165, 1.54) is 36.3 Å². The van der Waals surface area contributed by atoms with Gasteiger partial charge in [-0.25, -0.2) is 13.9 Å². The quantitative estimate of drug-likeness (QED) is 0.663. The van der Waals surface area contributed by atoms with Crippen molar-refractivity contribution in [2.24, 2.45) is 0 Å². The Morgan fingerprint density at radius 2 is 2.16 bits per heavy atom. The van der Waals surface area contributed by atoms with Gasteiger partial charge in [-0.15, -0.1) is 0 Å². The molecule has 0 aliphatic carbocycles. The summed E-state index contributed by atoms with van der Waals surface area (Å²) in [4.78, 5) is 12.0. The van der Waals surface area contributed by atoms with E-state index in [0.29, 0.717) is 11.4 Å². The number of rotatable bonds is 5. The zero-order valence-electron chi connectivity index (χ0n) is 13.4. The molecule has 1 unspecified atom stereocenters. The van der Waals surface area contributed by atoms with Gasteiger partial charge in [0, 0.05) is 0 Å². The SMILES string of the molecule is CC(O)(CNC(=O)Nc1cnn(-c2ccccc2F)c1)c1ccco1. The monoisotopic (exact) mass is 344 g/mol. The first-order valence-corrected chi connectivity index (χ1v) is 7.56. The number of halogens is 1. The summed E-state index contributed by atoms with van der Waals surface area (Å²) < 4.78 is 20.2. The molecule has 2 heterocycles. The number of urea groups is 1. The molecule has 0 bridgehead atoms. The zero-order chi connectivity index (χ0) is 17.9. The van der Waals surface area contributed by atoms with Crippen molar-refractivity contribution >= 4 is 11.7 Å². The number of carbonyl (C=O) groups excluding carboxylic acids is 1. The molecule has 0 saturated carbocycles. The van der Waals surface area contributed by atoms with Crippen LogP contribution in [-0.2, 0) is 5.60 Å². The van der Waals surface area contributed by atoms with Gasteiger partial charge in [0.1, 0.15) is 22.9 Å². The third kappa shape index (κ3) is 3.86. The fourth-order valence-electron chi connectivity index (χ4n) is 2.26. The molecule has 0 spiro atoms. The van der Waals surface area contributed by atoms with E-state index in [2.05, 4.69) is 15.7 Å². The molecule has 130 valence electrons. The first-order chi connectivity index (χ1) is 12.0. The molecule has 2 aromatic heterocycles. The minimum atomic E-state index is -1.34. The summed E-state index contributed by atoms with van der Waals surface area (Å²) >= 11 is 0. The Balaban J connectivity index is 1.60. The minimum Gasteiger partial charge on any atom is -0.466 e. The highest BCUT2D eigenvalue weighted by Crippen LogP contribution is 2.20. The van der Waals surface area contributed by atoms with E-state index in [1.807, 2.05) is 0 Å². The van der Waals surface area contributed by atoms with Crippen LogP contribution in [0, 0.1) is 5.82 Å². The summed E-state index contributed by atoms with van der Waals surface area (Å²) in [5, 5.41) is 19.4. The smallest absolute Gasteiger partial charge is 0.319 e. The van der Waals surface area contributed by atoms with Crippen LogP contribution in [-0.4, -0.2) is 27.5 Å². The van der Waals surface area contributed by atoms with Crippen LogP contribution < -0.4 is 10.6 Å². The number of carbonyl (C=O) groups is 1. The van der Waals surface area contributed by atoms with Gasteiger partial charge in [0.05, 0.1) is 30.9 Å². The topological polar surface area (TPSA) is 92.3 Å². The molecule has 7 nitrogen and oxygen atoms in total. The van der Waals surface area contributed by atoms with Gasteiger partial charge >= 0.3 is 6.03 Å². The highest BCUT2D eigenvalue weighted by atomic mass is 19.1. The van der Waals surface area contributed by atoms with E-state index >= 15 is 0 Å². The van der Waals surface area contributed by atoms with Gasteiger partial charge < -0.3 is 20.2 Å². The van der Waals surface area contributed by atoms with Gasteiger partial charge in [0.15, 0.2) is 0 Å². The third-order valence-corrected chi connectivity index (χ3v) is 3.58. The van der Waals surface area contributed by atoms with Gasteiger partial charge in [0.2, 0.25) is 0 Å². The fourth-order valence-corrected chi connectivity index (χ4v) is 2.26. The maximum absolute atomic E-state index is 13.7. The van der Waals surface area contributed by atoms with Crippen molar-refractivity contribution in [3.05, 3.63) is 66.6 Å². The maximum Gasteiger partial charge on any atom is 0.319 e. The Labute approximate surface area is 143 Å². The Bertz CT molecular complexity index is 858. The number of furan rings is 1. The Morgan fingerprint density at radius 3 is 2.88 bits per heavy atom. The van der Waals surface area contributed by atoms with Crippen LogP contribution in [0.4, 0.5) is 14.9 Å². The predicted molar refractivity (Wildman–Crippen MR) is 88.8 cm³/mol. The minimum absolute atomic E-state index is 0.0478. The van der Waals surface area contributed by atoms with Crippen molar-refractivity contribution in [2.75, 3.05) is 11.9 Å². The van der Waals surface area contributed by atoms with Gasteiger partial charge in [-0.2, -0.15) is 5.10 Å². The Hall–Kier alpha value is -3.13. The number of amides is 2. The molecule has 0 radical (unpaired) electrons. The first-order valence-electron chi connectivity index (χ1n) is 7.56. The average molecular weight is 344 g/mol. The van der Waals surface area contributed by atoms with Gasteiger partial charge in [0.25, 0.3) is 0 Å². The molecule has 25 heavy (non-hydrogen) atoms. The fraction of sp³-hybridized carbons (Fsp3) is 0.176. The summed E-state index contributed by atoms with van der Waals surface area (Å²) in [6.45, 7) is 1.48. The predicted octanol–water partition coefficient (Wildman–Crippen LogP) is 2.63. The summed E-state index contributed by atoms with van der Waals surface area (Å²) in [5.74, 6) is -0.0729. The van der Waals surface area contributed by atoms with Gasteiger partial charge in [-0.3, -0.25) is 0 Å². The van der Waals surface area contributed by atoms with Crippen molar-refractivity contribution < 1.29 is 18.7 Å². The number of nitrogens with one attached hydrogen (secondary N) is 2. The number of benzene rings is 1. The zero-order valence-corrected chi connectivity index (χ0v) is 13.4. The Morgan fingerprint density at radius 1 is 1.36 bits per heavy atom. The summed E-state index contributed by atoms with van der Waals surface area (Å²) in [5.41, 5.74) is -0.673. The van der Waals surface area contributed by atoms with Crippen molar-refractivity contribution in [3.8, 4) is 5.69 Å². The Kier molecular flexibility index (Phi) is 4.53. The van der Waals surface area contributed by atoms with Crippen LogP contribution in [0.1, 0.15) is 12.7 Å². The molecule has 2 amide bonds. The third-order valence-electron chi connectivity index (χ3n) is 3.58. The molecule has 0 saturated heterocycles. The average Bonchev–Trinajstić information content (AvgIpc) is 3.25. The summed E-state index contributed by atoms with van der Waals surface area (Å²) in [6.07, 6.45) is 4.33. The molecule has 1 atom stereocenters. The summed E-state index contributed by atoms with van der Waals surface area (Å²) in [7, 11) is 0. The van der Waals surface area contributed by atoms with Gasteiger partial charge in [-0.1, -0.05) is 12.1 Å². The molecule has 3 N–H and O–H groups in total. The molecule has 8 heteroatoms. The molecule has 0 aliphatic rings. The number of nitrogens with zero attached hydrogens (tertiary/aromatic N) is 2. The van der Waals surface area contributed by atoms with Crippen LogP contribution in [0.15, 0.2) is 59.5 Å². The van der Waals surface area contributed by atoms with Crippen molar-refractivity contribution in [1.29, 1.82) is 0 Å². The van der Waals surface area contributed by atoms with E-state index in [9.17, 15) is 14.3 Å². The molecule has 0 fully saturated rings. The molecule has 0 aliphatic heterocycles. The van der Waals surface area contributed by atoms with Crippen LogP contribution in [0.2, 0.25) is 0 Å². The number of aromatic nitrogens is 2. The van der Waals surface area contributed by atoms with Crippen molar-refractivity contribution in [3.63, 3.8) is 0 Å². The number of aliphatic hydroxyl groups is 1. The lowest BCUT2D eigenvalue weighted by Gasteiger charge is -2.21. The lowest BCUT2D eigenvalue weighted by atomic mass is 10.0. The highest BCUT2D eigenvalue weighted by molar-refractivity contribution is 5.89. The van der Waals surface area contributed by atoms with Crippen LogP contribution in [0.25, 0.3) is 5.69 Å². The normalized spacial score (nSPS) is 13.2. The first kappa shape index (κ1) is 16.7. The lowest BCUT2D eigenvalue weighted by Crippen LogP contribution is -2.40. The van der Waals surface area contributed by atoms with E-state index in [1.54, 1.807) is 30.3 Å². The highest BCUT2D eigenvalue weighted by Gasteiger charge is 2.26. The van der Waals surface area contributed by atoms with E-state index in [4.69, 9.17) is 4.42 Å². The number of hydrogen-bond donors (Lipinski definition) is 3. The van der Waals surface area contributed by atoms with Crippen molar-refractivity contribution in [1.82, 2.24) is 15.1 Å². The molecule has 1 aromatic carbocycles. The van der Waals surface area contributed by atoms with E-state index in [-0.39, 0.29) is 12.2 Å². The maximum atomic E-state index is 13.7. The van der Waals surface area contributed by atoms with Crippen LogP contribution >= 0.6 is 0 Å². The summed E-state index contributed by atoms with van der Waals surface area (Å²) in [6, 6.07) is 8.93. The number of para-hydroxylation sites is 1. The van der Waals surface area contributed by atoms with E-state index < -0.39 is 17.4 Å². The number of anilines is 1. The largest absolute Gasteiger partial charge is 0.466 e. The second-order valence-electron chi connectivity index (χ2n) is 5.68. The second-order valence-corrected chi connectivity index (χ2v) is 5.68. The van der Waals surface area contributed by atoms with E-state index in [0.717, 1.165) is 0 Å². The molecular weight excluding hydrogens is 327 g/mol.